The number of carbonyl (C=O) groups is 2. The van der Waals surface area contributed by atoms with Crippen LogP contribution in [0.5, 0.6) is 0 Å². The molecule has 0 radical (unpaired) electrons. The first-order chi connectivity index (χ1) is 7.52. The van der Waals surface area contributed by atoms with E-state index >= 15 is 0 Å². The number of carboxylic acids is 1. The number of carbonyl (C=O) groups excluding carboxylic acids is 1. The topological polar surface area (TPSA) is 69.6 Å². The molecule has 0 aromatic heterocycles. The van der Waals surface area contributed by atoms with Gasteiger partial charge >= 0.3 is 5.97 Å². The van der Waals surface area contributed by atoms with Crippen molar-refractivity contribution in [3.8, 4) is 0 Å². The molecular formula is C11H20N2O3. The average molecular weight is 228 g/mol. The third kappa shape index (κ3) is 3.48. The van der Waals surface area contributed by atoms with Crippen LogP contribution in [0.4, 0.5) is 0 Å². The highest BCUT2D eigenvalue weighted by Crippen LogP contribution is 2.22. The highest BCUT2D eigenvalue weighted by atomic mass is 16.4. The summed E-state index contributed by atoms with van der Waals surface area (Å²) in [5.74, 6) is -0.816. The second kappa shape index (κ2) is 5.84. The summed E-state index contributed by atoms with van der Waals surface area (Å²) in [5.41, 5.74) is 0. The lowest BCUT2D eigenvalue weighted by Crippen LogP contribution is -2.52. The highest BCUT2D eigenvalue weighted by Gasteiger charge is 2.29. The van der Waals surface area contributed by atoms with Gasteiger partial charge in [-0.1, -0.05) is 12.8 Å². The molecule has 1 fully saturated rings. The fraction of sp³-hybridized carbons (Fsp3) is 0.818. The number of amides is 1. The number of hydrogen-bond acceptors (Lipinski definition) is 3. The molecule has 0 saturated heterocycles. The van der Waals surface area contributed by atoms with Crippen LogP contribution < -0.4 is 5.32 Å². The maximum Gasteiger partial charge on any atom is 0.317 e. The van der Waals surface area contributed by atoms with Gasteiger partial charge in [-0.2, -0.15) is 0 Å². The summed E-state index contributed by atoms with van der Waals surface area (Å²) in [4.78, 5) is 23.5. The van der Waals surface area contributed by atoms with Crippen molar-refractivity contribution >= 4 is 11.9 Å². The van der Waals surface area contributed by atoms with Crippen LogP contribution in [0.2, 0.25) is 0 Å². The van der Waals surface area contributed by atoms with E-state index in [-0.39, 0.29) is 24.5 Å². The van der Waals surface area contributed by atoms with E-state index in [1.807, 2.05) is 0 Å². The molecule has 92 valence electrons. The van der Waals surface area contributed by atoms with Gasteiger partial charge < -0.3 is 15.3 Å². The van der Waals surface area contributed by atoms with Crippen LogP contribution in [0.3, 0.4) is 0 Å². The van der Waals surface area contributed by atoms with E-state index in [2.05, 4.69) is 5.32 Å². The quantitative estimate of drug-likeness (QED) is 0.733. The lowest BCUT2D eigenvalue weighted by molar-refractivity contribution is -0.136. The van der Waals surface area contributed by atoms with Gasteiger partial charge in [-0.25, -0.2) is 0 Å². The van der Waals surface area contributed by atoms with Gasteiger partial charge in [0.1, 0.15) is 0 Å². The zero-order chi connectivity index (χ0) is 12.1. The summed E-state index contributed by atoms with van der Waals surface area (Å²) < 4.78 is 0. The first kappa shape index (κ1) is 13.0. The second-order valence-electron chi connectivity index (χ2n) is 4.36. The standard InChI is InChI=1S/C11H20N2O3/c1-8(14)13(2)10-6-4-3-5-9(10)12-7-11(15)16/h9-10,12H,3-7H2,1-2H3,(H,15,16). The molecule has 1 saturated carbocycles. The van der Waals surface area contributed by atoms with Crippen LogP contribution >= 0.6 is 0 Å². The molecule has 2 atom stereocenters. The van der Waals surface area contributed by atoms with E-state index < -0.39 is 5.97 Å². The van der Waals surface area contributed by atoms with E-state index in [0.717, 1.165) is 25.7 Å². The molecule has 0 bridgehead atoms. The fourth-order valence-corrected chi connectivity index (χ4v) is 2.26. The van der Waals surface area contributed by atoms with Crippen molar-refractivity contribution in [2.24, 2.45) is 0 Å². The van der Waals surface area contributed by atoms with Gasteiger partial charge in [0.25, 0.3) is 0 Å². The van der Waals surface area contributed by atoms with Crippen molar-refractivity contribution in [2.45, 2.75) is 44.7 Å². The third-order valence-corrected chi connectivity index (χ3v) is 3.24. The number of likely N-dealkylation sites (N-methyl/N-ethyl adjacent to an activating group) is 1. The SMILES string of the molecule is CC(=O)N(C)C1CCCCC1NCC(=O)O. The monoisotopic (exact) mass is 228 g/mol. The number of carboxylic acid groups (broad SMARTS) is 1. The molecule has 1 aliphatic rings. The maximum atomic E-state index is 11.3. The van der Waals surface area contributed by atoms with Crippen molar-refractivity contribution in [3.63, 3.8) is 0 Å². The van der Waals surface area contributed by atoms with Gasteiger partial charge in [-0.05, 0) is 12.8 Å². The van der Waals surface area contributed by atoms with E-state index in [1.165, 1.54) is 0 Å². The summed E-state index contributed by atoms with van der Waals surface area (Å²) in [5, 5.41) is 11.6. The Balaban J connectivity index is 2.56. The number of nitrogens with one attached hydrogen (secondary N) is 1. The number of rotatable bonds is 4. The van der Waals surface area contributed by atoms with Crippen molar-refractivity contribution in [2.75, 3.05) is 13.6 Å². The Hall–Kier alpha value is -1.10. The summed E-state index contributed by atoms with van der Waals surface area (Å²) >= 11 is 0. The highest BCUT2D eigenvalue weighted by molar-refractivity contribution is 5.73. The first-order valence-electron chi connectivity index (χ1n) is 5.71. The minimum atomic E-state index is -0.852. The minimum Gasteiger partial charge on any atom is -0.480 e. The van der Waals surface area contributed by atoms with Crippen LogP contribution in [0, 0.1) is 0 Å². The number of nitrogens with zero attached hydrogens (tertiary/aromatic N) is 1. The summed E-state index contributed by atoms with van der Waals surface area (Å²) in [6, 6.07) is 0.240. The third-order valence-electron chi connectivity index (χ3n) is 3.24. The minimum absolute atomic E-state index is 0.0348. The van der Waals surface area contributed by atoms with Gasteiger partial charge in [-0.3, -0.25) is 9.59 Å². The van der Waals surface area contributed by atoms with Crippen LogP contribution in [0.1, 0.15) is 32.6 Å². The van der Waals surface area contributed by atoms with Gasteiger partial charge in [0.2, 0.25) is 5.91 Å². The first-order valence-corrected chi connectivity index (χ1v) is 5.71. The molecule has 1 amide bonds. The molecule has 0 heterocycles. The molecule has 5 nitrogen and oxygen atoms in total. The predicted molar refractivity (Wildman–Crippen MR) is 60.1 cm³/mol. The van der Waals surface area contributed by atoms with E-state index in [0.29, 0.717) is 0 Å². The summed E-state index contributed by atoms with van der Waals surface area (Å²) in [7, 11) is 1.79. The maximum absolute atomic E-state index is 11.3. The van der Waals surface area contributed by atoms with Crippen molar-refractivity contribution < 1.29 is 14.7 Å². The zero-order valence-corrected chi connectivity index (χ0v) is 9.90. The number of aliphatic carboxylic acids is 1. The van der Waals surface area contributed by atoms with Crippen LogP contribution in [-0.4, -0.2) is 47.6 Å². The Morgan fingerprint density at radius 1 is 1.38 bits per heavy atom. The Morgan fingerprint density at radius 2 is 2.00 bits per heavy atom. The fourth-order valence-electron chi connectivity index (χ4n) is 2.26. The molecule has 2 unspecified atom stereocenters. The van der Waals surface area contributed by atoms with Crippen molar-refractivity contribution in [1.29, 1.82) is 0 Å². The number of hydrogen-bond donors (Lipinski definition) is 2. The smallest absolute Gasteiger partial charge is 0.317 e. The molecular weight excluding hydrogens is 208 g/mol. The molecule has 0 aromatic rings. The molecule has 16 heavy (non-hydrogen) atoms. The molecule has 2 N–H and O–H groups in total. The van der Waals surface area contributed by atoms with Gasteiger partial charge in [0.05, 0.1) is 6.54 Å². The van der Waals surface area contributed by atoms with E-state index in [9.17, 15) is 9.59 Å². The molecule has 5 heteroatoms. The van der Waals surface area contributed by atoms with Gasteiger partial charge in [0, 0.05) is 26.1 Å². The lowest BCUT2D eigenvalue weighted by Gasteiger charge is -2.37. The Labute approximate surface area is 95.8 Å². The van der Waals surface area contributed by atoms with E-state index in [1.54, 1.807) is 18.9 Å². The van der Waals surface area contributed by atoms with Crippen LogP contribution in [0.25, 0.3) is 0 Å². The molecule has 1 aliphatic carbocycles. The lowest BCUT2D eigenvalue weighted by atomic mass is 9.89. The van der Waals surface area contributed by atoms with Gasteiger partial charge in [-0.15, -0.1) is 0 Å². The van der Waals surface area contributed by atoms with Gasteiger partial charge in [0.15, 0.2) is 0 Å². The zero-order valence-electron chi connectivity index (χ0n) is 9.90. The Kier molecular flexibility index (Phi) is 4.73. The molecule has 1 rings (SSSR count). The molecule has 0 spiro atoms. The normalized spacial score (nSPS) is 25.1. The van der Waals surface area contributed by atoms with Crippen molar-refractivity contribution in [3.05, 3.63) is 0 Å². The largest absolute Gasteiger partial charge is 0.480 e. The van der Waals surface area contributed by atoms with E-state index in [4.69, 9.17) is 5.11 Å². The van der Waals surface area contributed by atoms with Crippen LogP contribution in [-0.2, 0) is 9.59 Å². The second-order valence-corrected chi connectivity index (χ2v) is 4.36. The predicted octanol–water partition coefficient (Wildman–Crippen LogP) is 0.450. The Bertz CT molecular complexity index is 268. The summed E-state index contributed by atoms with van der Waals surface area (Å²) in [6.07, 6.45) is 4.09. The molecule has 0 aliphatic heterocycles. The van der Waals surface area contributed by atoms with Crippen LogP contribution in [0.15, 0.2) is 0 Å². The van der Waals surface area contributed by atoms with Crippen molar-refractivity contribution in [1.82, 2.24) is 10.2 Å². The average Bonchev–Trinajstić information content (AvgIpc) is 2.25. The molecule has 0 aromatic carbocycles. The summed E-state index contributed by atoms with van der Waals surface area (Å²) in [6.45, 7) is 1.51. The Morgan fingerprint density at radius 3 is 2.56 bits per heavy atom.